The van der Waals surface area contributed by atoms with Gasteiger partial charge in [0.1, 0.15) is 11.5 Å². The van der Waals surface area contributed by atoms with Crippen molar-refractivity contribution >= 4 is 21.6 Å². The van der Waals surface area contributed by atoms with Crippen LogP contribution in [-0.4, -0.2) is 12.7 Å². The molecule has 2 aromatic heterocycles. The molecule has 24 heavy (non-hydrogen) atoms. The van der Waals surface area contributed by atoms with Crippen molar-refractivity contribution in [3.63, 3.8) is 0 Å². The molecule has 0 unspecified atom stereocenters. The first-order chi connectivity index (χ1) is 11.5. The summed E-state index contributed by atoms with van der Waals surface area (Å²) in [6, 6.07) is 11.6. The third kappa shape index (κ3) is 3.56. The van der Waals surface area contributed by atoms with Crippen LogP contribution in [-0.2, 0) is 23.1 Å². The smallest absolute Gasteiger partial charge is 0.244 e. The summed E-state index contributed by atoms with van der Waals surface area (Å²) in [7, 11) is -3.75. The normalized spacial score (nSPS) is 12.0. The highest BCUT2D eigenvalue weighted by molar-refractivity contribution is 7.89. The highest BCUT2D eigenvalue weighted by atomic mass is 35.5. The number of hydrogen-bond donors (Lipinski definition) is 0. The maximum atomic E-state index is 13.1. The van der Waals surface area contributed by atoms with Gasteiger partial charge in [0.15, 0.2) is 0 Å². The van der Waals surface area contributed by atoms with E-state index in [0.29, 0.717) is 22.1 Å². The van der Waals surface area contributed by atoms with Gasteiger partial charge in [0.25, 0.3) is 0 Å². The van der Waals surface area contributed by atoms with Crippen molar-refractivity contribution < 1.29 is 17.3 Å². The number of halogens is 1. The number of sulfonamides is 1. The van der Waals surface area contributed by atoms with Crippen LogP contribution in [0.5, 0.6) is 0 Å². The second-order valence-electron chi connectivity index (χ2n) is 5.34. The highest BCUT2D eigenvalue weighted by Gasteiger charge is 2.28. The van der Waals surface area contributed by atoms with E-state index in [0.717, 1.165) is 0 Å². The predicted octanol–water partition coefficient (Wildman–Crippen LogP) is 4.23. The molecule has 0 aliphatic carbocycles. The molecule has 7 heteroatoms. The van der Waals surface area contributed by atoms with E-state index in [9.17, 15) is 8.42 Å². The molecule has 0 N–H and O–H groups in total. The van der Waals surface area contributed by atoms with E-state index in [1.54, 1.807) is 43.3 Å². The maximum Gasteiger partial charge on any atom is 0.244 e. The molecule has 0 amide bonds. The fourth-order valence-corrected chi connectivity index (χ4v) is 4.22. The molecule has 5 nitrogen and oxygen atoms in total. The van der Waals surface area contributed by atoms with E-state index < -0.39 is 10.0 Å². The molecule has 0 radical (unpaired) electrons. The molecule has 3 aromatic rings. The van der Waals surface area contributed by atoms with E-state index in [1.165, 1.54) is 22.9 Å². The number of rotatable bonds is 6. The van der Waals surface area contributed by atoms with Gasteiger partial charge in [-0.2, -0.15) is 4.31 Å². The van der Waals surface area contributed by atoms with Crippen LogP contribution < -0.4 is 0 Å². The lowest BCUT2D eigenvalue weighted by Crippen LogP contribution is -2.30. The van der Waals surface area contributed by atoms with Crippen LogP contribution in [0, 0.1) is 6.92 Å². The van der Waals surface area contributed by atoms with Gasteiger partial charge in [-0.15, -0.1) is 0 Å². The van der Waals surface area contributed by atoms with Gasteiger partial charge in [-0.05, 0) is 55.0 Å². The predicted molar refractivity (Wildman–Crippen MR) is 90.0 cm³/mol. The van der Waals surface area contributed by atoms with Crippen LogP contribution in [0.3, 0.4) is 0 Å². The Kier molecular flexibility index (Phi) is 4.80. The third-order valence-electron chi connectivity index (χ3n) is 3.58. The Hall–Kier alpha value is -2.02. The molecule has 0 spiro atoms. The summed E-state index contributed by atoms with van der Waals surface area (Å²) in [6.07, 6.45) is 3.03. The Balaban J connectivity index is 1.99. The number of furan rings is 2. The summed E-state index contributed by atoms with van der Waals surface area (Å²) in [5.74, 6) is 1.11. The number of benzene rings is 1. The number of aryl methyl sites for hydroxylation is 1. The first-order valence-corrected chi connectivity index (χ1v) is 9.09. The van der Waals surface area contributed by atoms with Crippen molar-refractivity contribution in [2.24, 2.45) is 0 Å². The van der Waals surface area contributed by atoms with Gasteiger partial charge in [0.2, 0.25) is 10.0 Å². The Morgan fingerprint density at radius 2 is 1.58 bits per heavy atom. The zero-order valence-corrected chi connectivity index (χ0v) is 14.5. The highest BCUT2D eigenvalue weighted by Crippen LogP contribution is 2.26. The summed E-state index contributed by atoms with van der Waals surface area (Å²) in [4.78, 5) is 0.213. The van der Waals surface area contributed by atoms with Gasteiger partial charge in [-0.3, -0.25) is 0 Å². The second-order valence-corrected chi connectivity index (χ2v) is 7.68. The molecular weight excluding hydrogens is 350 g/mol. The largest absolute Gasteiger partial charge is 0.468 e. The summed E-state index contributed by atoms with van der Waals surface area (Å²) in [6.45, 7) is 1.94. The van der Waals surface area contributed by atoms with E-state index in [1.807, 2.05) is 0 Å². The standard InChI is InChI=1S/C17H16ClNO4S/c1-13-10-14(18)6-7-17(13)24(20,21)19(11-15-4-2-8-22-15)12-16-5-3-9-23-16/h2-10H,11-12H2,1H3. The molecular formula is C17H16ClNO4S. The van der Waals surface area contributed by atoms with E-state index in [2.05, 4.69) is 0 Å². The molecule has 0 bridgehead atoms. The maximum absolute atomic E-state index is 13.1. The first-order valence-electron chi connectivity index (χ1n) is 7.28. The minimum Gasteiger partial charge on any atom is -0.468 e. The molecule has 0 aliphatic heterocycles. The summed E-state index contributed by atoms with van der Waals surface area (Å²) in [5, 5.41) is 0.495. The molecule has 0 aliphatic rings. The number of nitrogens with zero attached hydrogens (tertiary/aromatic N) is 1. The van der Waals surface area contributed by atoms with Gasteiger partial charge < -0.3 is 8.83 Å². The Morgan fingerprint density at radius 3 is 2.04 bits per heavy atom. The van der Waals surface area contributed by atoms with Gasteiger partial charge in [-0.25, -0.2) is 8.42 Å². The van der Waals surface area contributed by atoms with Crippen molar-refractivity contribution in [2.75, 3.05) is 0 Å². The third-order valence-corrected chi connectivity index (χ3v) is 5.77. The monoisotopic (exact) mass is 365 g/mol. The number of hydrogen-bond acceptors (Lipinski definition) is 4. The van der Waals surface area contributed by atoms with Gasteiger partial charge in [0, 0.05) is 5.02 Å². The summed E-state index contributed by atoms with van der Waals surface area (Å²) in [5.41, 5.74) is 0.589. The lowest BCUT2D eigenvalue weighted by molar-refractivity contribution is 0.330. The fraction of sp³-hybridized carbons (Fsp3) is 0.176. The molecule has 0 atom stereocenters. The van der Waals surface area contributed by atoms with Gasteiger partial charge in [0.05, 0.1) is 30.5 Å². The average molecular weight is 366 g/mol. The van der Waals surface area contributed by atoms with E-state index >= 15 is 0 Å². The Bertz CT molecular complexity index is 866. The molecule has 0 fully saturated rings. The van der Waals surface area contributed by atoms with Crippen molar-refractivity contribution in [3.8, 4) is 0 Å². The van der Waals surface area contributed by atoms with Crippen molar-refractivity contribution in [1.29, 1.82) is 0 Å². The lowest BCUT2D eigenvalue weighted by Gasteiger charge is -2.21. The van der Waals surface area contributed by atoms with E-state index in [-0.39, 0.29) is 18.0 Å². The van der Waals surface area contributed by atoms with E-state index in [4.69, 9.17) is 20.4 Å². The van der Waals surface area contributed by atoms with Crippen LogP contribution in [0.2, 0.25) is 5.02 Å². The molecule has 0 saturated carbocycles. The molecule has 126 valence electrons. The van der Waals surface area contributed by atoms with Crippen LogP contribution in [0.25, 0.3) is 0 Å². The molecule has 3 rings (SSSR count). The summed E-state index contributed by atoms with van der Waals surface area (Å²) >= 11 is 5.94. The minimum atomic E-state index is -3.75. The molecule has 1 aromatic carbocycles. The second kappa shape index (κ2) is 6.84. The lowest BCUT2D eigenvalue weighted by atomic mass is 10.2. The Labute approximate surface area is 145 Å². The molecule has 0 saturated heterocycles. The quantitative estimate of drug-likeness (QED) is 0.655. The van der Waals surface area contributed by atoms with Crippen molar-refractivity contribution in [3.05, 3.63) is 77.1 Å². The van der Waals surface area contributed by atoms with Crippen LogP contribution in [0.15, 0.2) is 68.7 Å². The zero-order valence-electron chi connectivity index (χ0n) is 13.0. The summed E-state index contributed by atoms with van der Waals surface area (Å²) < 4.78 is 38.2. The SMILES string of the molecule is Cc1cc(Cl)ccc1S(=O)(=O)N(Cc1ccco1)Cc1ccco1. The minimum absolute atomic E-state index is 0.109. The zero-order chi connectivity index (χ0) is 17.2. The van der Waals surface area contributed by atoms with Crippen molar-refractivity contribution in [1.82, 2.24) is 4.31 Å². The van der Waals surface area contributed by atoms with Crippen LogP contribution >= 0.6 is 11.6 Å². The van der Waals surface area contributed by atoms with Crippen LogP contribution in [0.4, 0.5) is 0 Å². The van der Waals surface area contributed by atoms with Gasteiger partial charge >= 0.3 is 0 Å². The average Bonchev–Trinajstić information content (AvgIpc) is 3.19. The topological polar surface area (TPSA) is 63.7 Å². The Morgan fingerprint density at radius 1 is 1.00 bits per heavy atom. The van der Waals surface area contributed by atoms with Gasteiger partial charge in [-0.1, -0.05) is 11.6 Å². The van der Waals surface area contributed by atoms with Crippen LogP contribution in [0.1, 0.15) is 17.1 Å². The fourth-order valence-electron chi connectivity index (χ4n) is 2.42. The first kappa shape index (κ1) is 16.8. The van der Waals surface area contributed by atoms with Crippen molar-refractivity contribution in [2.45, 2.75) is 24.9 Å². The molecule has 2 heterocycles.